The first-order chi connectivity index (χ1) is 21.1. The van der Waals surface area contributed by atoms with Crippen molar-refractivity contribution >= 4 is 50.9 Å². The number of rotatable bonds is 13. The molecule has 0 saturated heterocycles. The number of benzene rings is 3. The Hall–Kier alpha value is -3.90. The second-order valence-electron chi connectivity index (χ2n) is 9.93. The van der Waals surface area contributed by atoms with Crippen molar-refractivity contribution < 1.29 is 22.7 Å². The number of hydrogen-bond acceptors (Lipinski definition) is 6. The smallest absolute Gasteiger partial charge is 0.411 e. The molecule has 10 nitrogen and oxygen atoms in total. The standard InChI is InChI=1S/C31H33Cl2N5O5S/c1-3-44(41,42)34-19-23-9-13-24(32)18-22(23)12-16-27(39)36-26(17-20-7-5-4-6-8-20)30-37-28(29(33)38-30)21-10-14-25(15-11-21)35-31(40)43-2/h4-11,13-15,18,26,34H,3,12,16-17,19H2,1-2H3,(H,35,40)(H,36,39)(H,37,38)/t26-/m0/s1. The van der Waals surface area contributed by atoms with E-state index < -0.39 is 22.2 Å². The van der Waals surface area contributed by atoms with Gasteiger partial charge in [-0.05, 0) is 60.7 Å². The molecule has 1 atom stereocenters. The third-order valence-electron chi connectivity index (χ3n) is 6.87. The number of hydrogen-bond donors (Lipinski definition) is 4. The van der Waals surface area contributed by atoms with Crippen LogP contribution >= 0.6 is 23.2 Å². The first-order valence-corrected chi connectivity index (χ1v) is 16.3. The van der Waals surface area contributed by atoms with Gasteiger partial charge >= 0.3 is 6.09 Å². The van der Waals surface area contributed by atoms with Gasteiger partial charge in [-0.1, -0.05) is 71.7 Å². The molecule has 1 aromatic heterocycles. The van der Waals surface area contributed by atoms with Gasteiger partial charge in [0, 0.05) is 29.2 Å². The number of carbonyl (C=O) groups excluding carboxylic acids is 2. The van der Waals surface area contributed by atoms with E-state index in [0.29, 0.717) is 45.8 Å². The molecule has 0 bridgehead atoms. The zero-order valence-electron chi connectivity index (χ0n) is 24.2. The minimum absolute atomic E-state index is 0.0302. The molecule has 4 rings (SSSR count). The van der Waals surface area contributed by atoms with Gasteiger partial charge in [0.05, 0.1) is 18.9 Å². The van der Waals surface area contributed by atoms with Crippen LogP contribution in [0.1, 0.15) is 41.9 Å². The molecule has 0 fully saturated rings. The lowest BCUT2D eigenvalue weighted by Gasteiger charge is -2.18. The summed E-state index contributed by atoms with van der Waals surface area (Å²) in [5.74, 6) is 0.229. The molecule has 4 aromatic rings. The highest BCUT2D eigenvalue weighted by atomic mass is 35.5. The van der Waals surface area contributed by atoms with Crippen LogP contribution < -0.4 is 15.4 Å². The fourth-order valence-electron chi connectivity index (χ4n) is 4.48. The van der Waals surface area contributed by atoms with Crippen molar-refractivity contribution in [1.29, 1.82) is 0 Å². The zero-order valence-corrected chi connectivity index (χ0v) is 26.5. The van der Waals surface area contributed by atoms with Gasteiger partial charge in [-0.25, -0.2) is 22.9 Å². The minimum Gasteiger partial charge on any atom is -0.453 e. The first-order valence-electron chi connectivity index (χ1n) is 13.9. The van der Waals surface area contributed by atoms with E-state index in [2.05, 4.69) is 25.1 Å². The lowest BCUT2D eigenvalue weighted by atomic mass is 10.0. The number of aromatic amines is 1. The summed E-state index contributed by atoms with van der Waals surface area (Å²) in [6, 6.07) is 21.3. The summed E-state index contributed by atoms with van der Waals surface area (Å²) in [5.41, 5.74) is 4.27. The predicted octanol–water partition coefficient (Wildman–Crippen LogP) is 6.03. The summed E-state index contributed by atoms with van der Waals surface area (Å²) in [5, 5.41) is 6.48. The Morgan fingerprint density at radius 1 is 1.00 bits per heavy atom. The zero-order chi connectivity index (χ0) is 31.7. The highest BCUT2D eigenvalue weighted by molar-refractivity contribution is 7.89. The van der Waals surface area contributed by atoms with E-state index in [1.54, 1.807) is 49.4 Å². The number of sulfonamides is 1. The molecular formula is C31H33Cl2N5O5S. The number of carbonyl (C=O) groups is 2. The number of nitrogens with zero attached hydrogens (tertiary/aromatic N) is 1. The van der Waals surface area contributed by atoms with Crippen LogP contribution in [-0.2, 0) is 38.9 Å². The number of halogens is 2. The van der Waals surface area contributed by atoms with E-state index in [0.717, 1.165) is 16.7 Å². The number of imidazole rings is 1. The van der Waals surface area contributed by atoms with Crippen LogP contribution in [0.2, 0.25) is 10.2 Å². The Balaban J connectivity index is 1.51. The number of ether oxygens (including phenoxy) is 1. The van der Waals surface area contributed by atoms with Crippen molar-refractivity contribution in [3.05, 3.63) is 105 Å². The van der Waals surface area contributed by atoms with Crippen LogP contribution in [0, 0.1) is 0 Å². The topological polar surface area (TPSA) is 142 Å². The third-order valence-corrected chi connectivity index (χ3v) is 8.72. The van der Waals surface area contributed by atoms with Gasteiger partial charge in [-0.2, -0.15) is 0 Å². The number of nitrogens with one attached hydrogen (secondary N) is 4. The van der Waals surface area contributed by atoms with Crippen LogP contribution in [-0.4, -0.2) is 43.2 Å². The van der Waals surface area contributed by atoms with Crippen molar-refractivity contribution in [1.82, 2.24) is 20.0 Å². The van der Waals surface area contributed by atoms with Crippen molar-refractivity contribution in [2.75, 3.05) is 18.2 Å². The molecule has 44 heavy (non-hydrogen) atoms. The van der Waals surface area contributed by atoms with Crippen molar-refractivity contribution in [3.63, 3.8) is 0 Å². The Morgan fingerprint density at radius 2 is 1.73 bits per heavy atom. The van der Waals surface area contributed by atoms with Gasteiger partial charge in [-0.3, -0.25) is 10.1 Å². The SMILES string of the molecule is CCS(=O)(=O)NCc1ccc(Cl)cc1CCC(=O)N[C@@H](Cc1ccccc1)c1nc(-c2ccc(NC(=O)OC)cc2)c(Cl)[nH]1. The molecule has 4 N–H and O–H groups in total. The molecule has 0 aliphatic carbocycles. The minimum atomic E-state index is -3.39. The summed E-state index contributed by atoms with van der Waals surface area (Å²) < 4.78 is 31.1. The highest BCUT2D eigenvalue weighted by Gasteiger charge is 2.22. The Kier molecular flexibility index (Phi) is 11.4. The van der Waals surface area contributed by atoms with E-state index in [1.807, 2.05) is 30.3 Å². The monoisotopic (exact) mass is 657 g/mol. The molecule has 0 aliphatic heterocycles. The van der Waals surface area contributed by atoms with E-state index >= 15 is 0 Å². The second kappa shape index (κ2) is 15.2. The summed E-state index contributed by atoms with van der Waals surface area (Å²) >= 11 is 12.8. The van der Waals surface area contributed by atoms with Gasteiger partial charge in [0.25, 0.3) is 0 Å². The largest absolute Gasteiger partial charge is 0.453 e. The lowest BCUT2D eigenvalue weighted by Crippen LogP contribution is -2.31. The summed E-state index contributed by atoms with van der Waals surface area (Å²) in [6.45, 7) is 1.67. The van der Waals surface area contributed by atoms with Crippen molar-refractivity contribution in [3.8, 4) is 11.3 Å². The molecule has 1 heterocycles. The second-order valence-corrected chi connectivity index (χ2v) is 12.8. The molecule has 0 aliphatic rings. The van der Waals surface area contributed by atoms with Gasteiger partial charge in [0.1, 0.15) is 16.7 Å². The number of methoxy groups -OCH3 is 1. The average Bonchev–Trinajstić information content (AvgIpc) is 3.41. The van der Waals surface area contributed by atoms with E-state index in [-0.39, 0.29) is 24.6 Å². The molecule has 0 saturated carbocycles. The van der Waals surface area contributed by atoms with Crippen LogP contribution in [0.4, 0.5) is 10.5 Å². The maximum atomic E-state index is 13.3. The van der Waals surface area contributed by atoms with E-state index in [1.165, 1.54) is 7.11 Å². The molecule has 2 amide bonds. The van der Waals surface area contributed by atoms with Crippen molar-refractivity contribution in [2.45, 2.75) is 38.8 Å². The molecule has 3 aromatic carbocycles. The number of aryl methyl sites for hydroxylation is 1. The summed E-state index contributed by atoms with van der Waals surface area (Å²) in [6.07, 6.45) is 0.364. The van der Waals surface area contributed by atoms with Gasteiger partial charge < -0.3 is 15.0 Å². The number of H-pyrrole nitrogens is 1. The average molecular weight is 659 g/mol. The first kappa shape index (κ1) is 33.0. The van der Waals surface area contributed by atoms with E-state index in [9.17, 15) is 18.0 Å². The molecule has 232 valence electrons. The van der Waals surface area contributed by atoms with Crippen LogP contribution in [0.15, 0.2) is 72.8 Å². The third kappa shape index (κ3) is 9.30. The maximum Gasteiger partial charge on any atom is 0.411 e. The van der Waals surface area contributed by atoms with Gasteiger partial charge in [0.15, 0.2) is 0 Å². The molecule has 0 radical (unpaired) electrons. The van der Waals surface area contributed by atoms with Gasteiger partial charge in [-0.15, -0.1) is 0 Å². The fraction of sp³-hybridized carbons (Fsp3) is 0.258. The maximum absolute atomic E-state index is 13.3. The predicted molar refractivity (Wildman–Crippen MR) is 172 cm³/mol. The highest BCUT2D eigenvalue weighted by Crippen LogP contribution is 2.29. The Labute approximate surface area is 266 Å². The quantitative estimate of drug-likeness (QED) is 0.138. The Morgan fingerprint density at radius 3 is 2.41 bits per heavy atom. The lowest BCUT2D eigenvalue weighted by molar-refractivity contribution is -0.121. The summed E-state index contributed by atoms with van der Waals surface area (Å²) in [4.78, 5) is 32.6. The van der Waals surface area contributed by atoms with Crippen molar-refractivity contribution in [2.24, 2.45) is 0 Å². The van der Waals surface area contributed by atoms with Crippen LogP contribution in [0.3, 0.4) is 0 Å². The fourth-order valence-corrected chi connectivity index (χ4v) is 5.50. The molecular weight excluding hydrogens is 625 g/mol. The number of amides is 2. The normalized spacial score (nSPS) is 12.0. The number of anilines is 1. The van der Waals surface area contributed by atoms with Crippen LogP contribution in [0.25, 0.3) is 11.3 Å². The molecule has 0 spiro atoms. The van der Waals surface area contributed by atoms with E-state index in [4.69, 9.17) is 28.2 Å². The summed E-state index contributed by atoms with van der Waals surface area (Å²) in [7, 11) is -2.10. The Bertz CT molecular complexity index is 1700. The van der Waals surface area contributed by atoms with Gasteiger partial charge in [0.2, 0.25) is 15.9 Å². The molecule has 13 heteroatoms. The molecule has 0 unspecified atom stereocenters. The number of aromatic nitrogens is 2. The van der Waals surface area contributed by atoms with Crippen LogP contribution in [0.5, 0.6) is 0 Å².